The van der Waals surface area contributed by atoms with Gasteiger partial charge in [-0.2, -0.15) is 0 Å². The molecule has 1 atom stereocenters. The molecule has 3 N–H and O–H groups in total. The first kappa shape index (κ1) is 21.5. The van der Waals surface area contributed by atoms with Gasteiger partial charge in [0.15, 0.2) is 0 Å². The van der Waals surface area contributed by atoms with Gasteiger partial charge in [0.05, 0.1) is 10.9 Å². The van der Waals surface area contributed by atoms with Gasteiger partial charge in [-0.1, -0.05) is 66.2 Å². The van der Waals surface area contributed by atoms with Gasteiger partial charge >= 0.3 is 6.03 Å². The fourth-order valence-electron chi connectivity index (χ4n) is 3.16. The second kappa shape index (κ2) is 9.56. The predicted octanol–water partition coefficient (Wildman–Crippen LogP) is 4.14. The number of carbonyl (C=O) groups is 1. The highest BCUT2D eigenvalue weighted by molar-refractivity contribution is 7.89. The lowest BCUT2D eigenvalue weighted by atomic mass is 10.1. The molecular formula is C23H25N3O3S. The molecule has 0 saturated carbocycles. The van der Waals surface area contributed by atoms with Gasteiger partial charge in [0, 0.05) is 12.2 Å². The lowest BCUT2D eigenvalue weighted by Gasteiger charge is -2.21. The molecule has 0 fully saturated rings. The molecule has 7 heteroatoms. The Kier molecular flexibility index (Phi) is 6.87. The lowest BCUT2D eigenvalue weighted by Crippen LogP contribution is -2.39. The van der Waals surface area contributed by atoms with Crippen LogP contribution in [0.2, 0.25) is 0 Å². The number of sulfonamides is 1. The van der Waals surface area contributed by atoms with Gasteiger partial charge in [0.2, 0.25) is 10.0 Å². The quantitative estimate of drug-likeness (QED) is 0.534. The van der Waals surface area contributed by atoms with Crippen molar-refractivity contribution in [3.8, 4) is 0 Å². The number of aryl methyl sites for hydroxylation is 2. The van der Waals surface area contributed by atoms with Gasteiger partial charge in [-0.15, -0.1) is 0 Å². The Morgan fingerprint density at radius 2 is 1.53 bits per heavy atom. The first-order valence-electron chi connectivity index (χ1n) is 9.59. The summed E-state index contributed by atoms with van der Waals surface area (Å²) in [5, 5.41) is 5.61. The van der Waals surface area contributed by atoms with E-state index in [4.69, 9.17) is 0 Å². The Morgan fingerprint density at radius 3 is 2.17 bits per heavy atom. The molecule has 3 rings (SSSR count). The summed E-state index contributed by atoms with van der Waals surface area (Å²) >= 11 is 0. The fraction of sp³-hybridized carbons (Fsp3) is 0.174. The highest BCUT2D eigenvalue weighted by atomic mass is 32.2. The van der Waals surface area contributed by atoms with Crippen LogP contribution in [0.1, 0.15) is 22.7 Å². The Morgan fingerprint density at radius 1 is 0.900 bits per heavy atom. The van der Waals surface area contributed by atoms with Crippen molar-refractivity contribution in [2.45, 2.75) is 24.8 Å². The summed E-state index contributed by atoms with van der Waals surface area (Å²) in [5.41, 5.74) is 3.11. The molecule has 30 heavy (non-hydrogen) atoms. The first-order valence-corrected chi connectivity index (χ1v) is 11.1. The van der Waals surface area contributed by atoms with E-state index in [0.29, 0.717) is 11.3 Å². The number of anilines is 1. The second-order valence-electron chi connectivity index (χ2n) is 7.05. The standard InChI is InChI=1S/C23H25N3O3S/c1-17-13-14-22(18(2)15-17)30(28,29)24-16-21(19-9-5-3-6-10-19)26-23(27)25-20-11-7-4-8-12-20/h3-15,21,24H,16H2,1-2H3,(H2,25,26,27)/t21-/m0/s1. The molecule has 0 aliphatic heterocycles. The van der Waals surface area contributed by atoms with Crippen LogP contribution in [0.5, 0.6) is 0 Å². The average Bonchev–Trinajstić information content (AvgIpc) is 2.72. The van der Waals surface area contributed by atoms with Crippen molar-refractivity contribution in [1.29, 1.82) is 0 Å². The molecule has 0 bridgehead atoms. The van der Waals surface area contributed by atoms with Crippen LogP contribution in [-0.4, -0.2) is 21.0 Å². The number of amides is 2. The van der Waals surface area contributed by atoms with E-state index in [0.717, 1.165) is 11.1 Å². The number of para-hydroxylation sites is 1. The average molecular weight is 424 g/mol. The SMILES string of the molecule is Cc1ccc(S(=O)(=O)NC[C@H](NC(=O)Nc2ccccc2)c2ccccc2)c(C)c1. The summed E-state index contributed by atoms with van der Waals surface area (Å²) < 4.78 is 28.3. The normalized spacial score (nSPS) is 12.2. The molecule has 0 aliphatic carbocycles. The molecule has 156 valence electrons. The topological polar surface area (TPSA) is 87.3 Å². The van der Waals surface area contributed by atoms with Gasteiger partial charge < -0.3 is 10.6 Å². The third-order valence-corrected chi connectivity index (χ3v) is 6.22. The summed E-state index contributed by atoms with van der Waals surface area (Å²) in [6.45, 7) is 3.70. The molecule has 0 heterocycles. The van der Waals surface area contributed by atoms with E-state index in [1.54, 1.807) is 31.2 Å². The summed E-state index contributed by atoms with van der Waals surface area (Å²) in [7, 11) is -3.73. The highest BCUT2D eigenvalue weighted by Crippen LogP contribution is 2.18. The molecule has 2 amide bonds. The van der Waals surface area contributed by atoms with E-state index in [1.807, 2.05) is 61.5 Å². The number of hydrogen-bond acceptors (Lipinski definition) is 3. The predicted molar refractivity (Wildman–Crippen MR) is 119 cm³/mol. The zero-order valence-electron chi connectivity index (χ0n) is 16.9. The molecule has 0 radical (unpaired) electrons. The maximum absolute atomic E-state index is 12.8. The summed E-state index contributed by atoms with van der Waals surface area (Å²) in [6, 6.07) is 22.5. The van der Waals surface area contributed by atoms with E-state index in [-0.39, 0.29) is 11.4 Å². The maximum Gasteiger partial charge on any atom is 0.319 e. The summed E-state index contributed by atoms with van der Waals surface area (Å²) in [5.74, 6) is 0. The minimum absolute atomic E-state index is 0.0157. The Balaban J connectivity index is 1.75. The fourth-order valence-corrected chi connectivity index (χ4v) is 4.43. The van der Waals surface area contributed by atoms with Crippen LogP contribution in [0, 0.1) is 13.8 Å². The molecule has 0 spiro atoms. The van der Waals surface area contributed by atoms with Crippen LogP contribution < -0.4 is 15.4 Å². The largest absolute Gasteiger partial charge is 0.330 e. The first-order chi connectivity index (χ1) is 14.3. The van der Waals surface area contributed by atoms with Crippen molar-refractivity contribution in [1.82, 2.24) is 10.0 Å². The van der Waals surface area contributed by atoms with E-state index in [9.17, 15) is 13.2 Å². The highest BCUT2D eigenvalue weighted by Gasteiger charge is 2.21. The van der Waals surface area contributed by atoms with Crippen LogP contribution in [0.4, 0.5) is 10.5 Å². The number of urea groups is 1. The Bertz CT molecular complexity index is 1100. The van der Waals surface area contributed by atoms with Gasteiger partial charge in [-0.25, -0.2) is 17.9 Å². The van der Waals surface area contributed by atoms with Crippen LogP contribution in [0.15, 0.2) is 83.8 Å². The molecular weight excluding hydrogens is 398 g/mol. The molecule has 0 saturated heterocycles. The van der Waals surface area contributed by atoms with Gasteiger partial charge in [0.25, 0.3) is 0 Å². The molecule has 0 aliphatic rings. The van der Waals surface area contributed by atoms with Crippen LogP contribution >= 0.6 is 0 Å². The second-order valence-corrected chi connectivity index (χ2v) is 8.78. The zero-order chi connectivity index (χ0) is 21.6. The summed E-state index contributed by atoms with van der Waals surface area (Å²) in [4.78, 5) is 12.7. The van der Waals surface area contributed by atoms with Gasteiger partial charge in [-0.3, -0.25) is 0 Å². The van der Waals surface area contributed by atoms with Gasteiger partial charge in [0.1, 0.15) is 0 Å². The Labute approximate surface area is 177 Å². The van der Waals surface area contributed by atoms with E-state index >= 15 is 0 Å². The Hall–Kier alpha value is -3.16. The van der Waals surface area contributed by atoms with Crippen molar-refractivity contribution >= 4 is 21.7 Å². The van der Waals surface area contributed by atoms with E-state index in [1.165, 1.54) is 0 Å². The molecule has 6 nitrogen and oxygen atoms in total. The van der Waals surface area contributed by atoms with Crippen LogP contribution in [0.25, 0.3) is 0 Å². The third kappa shape index (κ3) is 5.68. The number of rotatable bonds is 7. The number of nitrogens with one attached hydrogen (secondary N) is 3. The minimum Gasteiger partial charge on any atom is -0.330 e. The van der Waals surface area contributed by atoms with Crippen molar-refractivity contribution in [3.05, 3.63) is 95.6 Å². The van der Waals surface area contributed by atoms with E-state index in [2.05, 4.69) is 15.4 Å². The van der Waals surface area contributed by atoms with Gasteiger partial charge in [-0.05, 0) is 43.2 Å². The third-order valence-electron chi connectivity index (χ3n) is 4.64. The van der Waals surface area contributed by atoms with E-state index < -0.39 is 22.1 Å². The van der Waals surface area contributed by atoms with Crippen molar-refractivity contribution in [3.63, 3.8) is 0 Å². The lowest BCUT2D eigenvalue weighted by molar-refractivity contribution is 0.248. The number of hydrogen-bond donors (Lipinski definition) is 3. The maximum atomic E-state index is 12.8. The molecule has 0 aromatic heterocycles. The molecule has 3 aromatic rings. The monoisotopic (exact) mass is 423 g/mol. The van der Waals surface area contributed by atoms with Crippen LogP contribution in [-0.2, 0) is 10.0 Å². The summed E-state index contributed by atoms with van der Waals surface area (Å²) in [6.07, 6.45) is 0. The molecule has 3 aromatic carbocycles. The van der Waals surface area contributed by atoms with Crippen molar-refractivity contribution < 1.29 is 13.2 Å². The number of benzene rings is 3. The van der Waals surface area contributed by atoms with Crippen molar-refractivity contribution in [2.24, 2.45) is 0 Å². The molecule has 0 unspecified atom stereocenters. The van der Waals surface area contributed by atoms with Crippen LogP contribution in [0.3, 0.4) is 0 Å². The smallest absolute Gasteiger partial charge is 0.319 e. The minimum atomic E-state index is -3.73. The number of carbonyl (C=O) groups excluding carboxylic acids is 1. The van der Waals surface area contributed by atoms with Crippen molar-refractivity contribution in [2.75, 3.05) is 11.9 Å². The zero-order valence-corrected chi connectivity index (χ0v) is 17.7.